The van der Waals surface area contributed by atoms with Crippen LogP contribution in [-0.2, 0) is 22.5 Å². The van der Waals surface area contributed by atoms with Gasteiger partial charge in [-0.05, 0) is 55.2 Å². The van der Waals surface area contributed by atoms with Gasteiger partial charge in [-0.1, -0.05) is 41.6 Å². The lowest BCUT2D eigenvalue weighted by Crippen LogP contribution is -2.30. The highest BCUT2D eigenvalue weighted by Crippen LogP contribution is 2.30. The van der Waals surface area contributed by atoms with Crippen LogP contribution in [0.25, 0.3) is 11.4 Å². The maximum absolute atomic E-state index is 13.0. The van der Waals surface area contributed by atoms with E-state index in [0.29, 0.717) is 17.3 Å². The number of rotatable bonds is 6. The first-order valence-electron chi connectivity index (χ1n) is 10.5. The predicted molar refractivity (Wildman–Crippen MR) is 123 cm³/mol. The van der Waals surface area contributed by atoms with Gasteiger partial charge in [0.05, 0.1) is 18.4 Å². The standard InChI is InChI=1S/C23H23ClN4O2S/c24-18-9-7-17(8-10-18)22-25-26-23(28(22)14-19-5-3-13-30-19)31-15-21(29)27-12-11-16-4-1-2-6-20(16)27/h1-2,4,6-10,19H,3,5,11-15H2/t19-/m1/s1. The van der Waals surface area contributed by atoms with Crippen LogP contribution in [-0.4, -0.2) is 45.7 Å². The molecule has 3 aromatic rings. The first-order chi connectivity index (χ1) is 15.2. The molecule has 2 aliphatic heterocycles. The zero-order valence-electron chi connectivity index (χ0n) is 17.0. The van der Waals surface area contributed by atoms with E-state index in [4.69, 9.17) is 16.3 Å². The van der Waals surface area contributed by atoms with E-state index in [1.165, 1.54) is 17.3 Å². The average Bonchev–Trinajstić information content (AvgIpc) is 3.53. The molecule has 0 bridgehead atoms. The van der Waals surface area contributed by atoms with Crippen molar-refractivity contribution >= 4 is 35.0 Å². The lowest BCUT2D eigenvalue weighted by molar-refractivity contribution is -0.116. The number of nitrogens with zero attached hydrogens (tertiary/aromatic N) is 4. The van der Waals surface area contributed by atoms with Crippen molar-refractivity contribution in [2.45, 2.75) is 37.1 Å². The fourth-order valence-electron chi connectivity index (χ4n) is 4.17. The topological polar surface area (TPSA) is 60.3 Å². The van der Waals surface area contributed by atoms with Crippen LogP contribution < -0.4 is 4.90 Å². The number of hydrogen-bond acceptors (Lipinski definition) is 5. The molecule has 8 heteroatoms. The van der Waals surface area contributed by atoms with Gasteiger partial charge in [-0.15, -0.1) is 10.2 Å². The third kappa shape index (κ3) is 4.35. The van der Waals surface area contributed by atoms with Crippen LogP contribution in [0.15, 0.2) is 53.7 Å². The molecule has 1 aromatic heterocycles. The zero-order valence-corrected chi connectivity index (χ0v) is 18.6. The van der Waals surface area contributed by atoms with E-state index in [2.05, 4.69) is 20.8 Å². The summed E-state index contributed by atoms with van der Waals surface area (Å²) in [6.45, 7) is 2.20. The van der Waals surface area contributed by atoms with Crippen molar-refractivity contribution in [1.29, 1.82) is 0 Å². The van der Waals surface area contributed by atoms with Gasteiger partial charge in [0, 0.05) is 29.4 Å². The third-order valence-electron chi connectivity index (χ3n) is 5.74. The van der Waals surface area contributed by atoms with Gasteiger partial charge in [0.2, 0.25) is 5.91 Å². The normalized spacial score (nSPS) is 17.8. The highest BCUT2D eigenvalue weighted by molar-refractivity contribution is 7.99. The Balaban J connectivity index is 1.36. The Labute approximate surface area is 190 Å². The second-order valence-electron chi connectivity index (χ2n) is 7.77. The molecule has 0 spiro atoms. The number of hydrogen-bond donors (Lipinski definition) is 0. The Kier molecular flexibility index (Phi) is 5.98. The molecule has 6 nitrogen and oxygen atoms in total. The molecule has 1 saturated heterocycles. The van der Waals surface area contributed by atoms with Gasteiger partial charge in [0.25, 0.3) is 0 Å². The van der Waals surface area contributed by atoms with Crippen molar-refractivity contribution in [2.24, 2.45) is 0 Å². The highest BCUT2D eigenvalue weighted by atomic mass is 35.5. The minimum Gasteiger partial charge on any atom is -0.376 e. The summed E-state index contributed by atoms with van der Waals surface area (Å²) >= 11 is 7.49. The molecule has 0 saturated carbocycles. The van der Waals surface area contributed by atoms with Crippen molar-refractivity contribution < 1.29 is 9.53 Å². The van der Waals surface area contributed by atoms with Gasteiger partial charge in [-0.3, -0.25) is 9.36 Å². The van der Waals surface area contributed by atoms with E-state index in [-0.39, 0.29) is 12.0 Å². The number of ether oxygens (including phenoxy) is 1. The summed E-state index contributed by atoms with van der Waals surface area (Å²) in [7, 11) is 0. The van der Waals surface area contributed by atoms with E-state index in [1.54, 1.807) is 0 Å². The molecule has 160 valence electrons. The van der Waals surface area contributed by atoms with Crippen LogP contribution >= 0.6 is 23.4 Å². The minimum atomic E-state index is 0.0923. The lowest BCUT2D eigenvalue weighted by Gasteiger charge is -2.18. The monoisotopic (exact) mass is 454 g/mol. The van der Waals surface area contributed by atoms with Crippen molar-refractivity contribution in [1.82, 2.24) is 14.8 Å². The van der Waals surface area contributed by atoms with E-state index in [9.17, 15) is 4.79 Å². The molecule has 5 rings (SSSR count). The van der Waals surface area contributed by atoms with E-state index < -0.39 is 0 Å². The Morgan fingerprint density at radius 2 is 2.00 bits per heavy atom. The minimum absolute atomic E-state index is 0.0923. The number of benzene rings is 2. The van der Waals surface area contributed by atoms with Crippen LogP contribution in [0.2, 0.25) is 5.02 Å². The van der Waals surface area contributed by atoms with Gasteiger partial charge in [0.1, 0.15) is 0 Å². The molecule has 3 heterocycles. The first kappa shape index (κ1) is 20.5. The van der Waals surface area contributed by atoms with E-state index in [0.717, 1.165) is 54.6 Å². The lowest BCUT2D eigenvalue weighted by atomic mass is 10.2. The fourth-order valence-corrected chi connectivity index (χ4v) is 5.12. The van der Waals surface area contributed by atoms with Crippen molar-refractivity contribution in [3.05, 3.63) is 59.1 Å². The summed E-state index contributed by atoms with van der Waals surface area (Å²) in [5, 5.41) is 10.3. The molecule has 1 amide bonds. The SMILES string of the molecule is O=C(CSc1nnc(-c2ccc(Cl)cc2)n1C[C@H]1CCCO1)N1CCc2ccccc21. The summed E-state index contributed by atoms with van der Waals surface area (Å²) in [4.78, 5) is 14.8. The van der Waals surface area contributed by atoms with Gasteiger partial charge in [0.15, 0.2) is 11.0 Å². The summed E-state index contributed by atoms with van der Waals surface area (Å²) in [5.41, 5.74) is 3.20. The number of amides is 1. The Morgan fingerprint density at radius 3 is 2.81 bits per heavy atom. The van der Waals surface area contributed by atoms with E-state index in [1.807, 2.05) is 47.4 Å². The number of fused-ring (bicyclic) bond motifs is 1. The number of carbonyl (C=O) groups is 1. The van der Waals surface area contributed by atoms with Gasteiger partial charge in [-0.25, -0.2) is 0 Å². The molecular weight excluding hydrogens is 432 g/mol. The number of thioether (sulfide) groups is 1. The van der Waals surface area contributed by atoms with Crippen LogP contribution in [0.1, 0.15) is 18.4 Å². The highest BCUT2D eigenvalue weighted by Gasteiger charge is 2.26. The largest absolute Gasteiger partial charge is 0.376 e. The number of halogens is 1. The van der Waals surface area contributed by atoms with E-state index >= 15 is 0 Å². The Morgan fingerprint density at radius 1 is 1.16 bits per heavy atom. The average molecular weight is 455 g/mol. The molecule has 31 heavy (non-hydrogen) atoms. The Bertz CT molecular complexity index is 1080. The van der Waals surface area contributed by atoms with Crippen LogP contribution in [0.3, 0.4) is 0 Å². The van der Waals surface area contributed by atoms with Gasteiger partial charge < -0.3 is 9.64 Å². The van der Waals surface area contributed by atoms with Crippen LogP contribution in [0.5, 0.6) is 0 Å². The summed E-state index contributed by atoms with van der Waals surface area (Å²) in [6.07, 6.45) is 3.13. The number of carbonyl (C=O) groups excluding carboxylic acids is 1. The quantitative estimate of drug-likeness (QED) is 0.514. The third-order valence-corrected chi connectivity index (χ3v) is 6.95. The predicted octanol–water partition coefficient (Wildman–Crippen LogP) is 4.46. The number of aromatic nitrogens is 3. The molecule has 1 atom stereocenters. The summed E-state index contributed by atoms with van der Waals surface area (Å²) < 4.78 is 7.93. The summed E-state index contributed by atoms with van der Waals surface area (Å²) in [5.74, 6) is 1.18. The van der Waals surface area contributed by atoms with Gasteiger partial charge in [-0.2, -0.15) is 0 Å². The molecule has 2 aliphatic rings. The fraction of sp³-hybridized carbons (Fsp3) is 0.348. The maximum Gasteiger partial charge on any atom is 0.237 e. The molecule has 0 aliphatic carbocycles. The molecule has 0 unspecified atom stereocenters. The second-order valence-corrected chi connectivity index (χ2v) is 9.15. The molecule has 0 radical (unpaired) electrons. The maximum atomic E-state index is 13.0. The van der Waals surface area contributed by atoms with Crippen molar-refractivity contribution in [3.63, 3.8) is 0 Å². The van der Waals surface area contributed by atoms with Crippen LogP contribution in [0.4, 0.5) is 5.69 Å². The molecule has 1 fully saturated rings. The second kappa shape index (κ2) is 9.02. The molecule has 0 N–H and O–H groups in total. The van der Waals surface area contributed by atoms with Crippen molar-refractivity contribution in [3.8, 4) is 11.4 Å². The number of para-hydroxylation sites is 1. The zero-order chi connectivity index (χ0) is 21.2. The molecular formula is C23H23ClN4O2S. The van der Waals surface area contributed by atoms with Crippen molar-refractivity contribution in [2.75, 3.05) is 23.8 Å². The Hall–Kier alpha value is -2.35. The van der Waals surface area contributed by atoms with Gasteiger partial charge >= 0.3 is 0 Å². The summed E-state index contributed by atoms with van der Waals surface area (Å²) in [6, 6.07) is 15.7. The van der Waals surface area contributed by atoms with Crippen LogP contribution in [0, 0.1) is 0 Å². The number of anilines is 1. The first-order valence-corrected chi connectivity index (χ1v) is 11.9. The molecule has 2 aromatic carbocycles. The smallest absolute Gasteiger partial charge is 0.237 e.